The van der Waals surface area contributed by atoms with Crippen LogP contribution in [0.25, 0.3) is 0 Å². The molecule has 1 aromatic carbocycles. The first-order valence-electron chi connectivity index (χ1n) is 6.19. The van der Waals surface area contributed by atoms with Crippen LogP contribution in [-0.4, -0.2) is 10.9 Å². The van der Waals surface area contributed by atoms with E-state index in [1.165, 1.54) is 29.5 Å². The summed E-state index contributed by atoms with van der Waals surface area (Å²) in [5.41, 5.74) is 1.32. The van der Waals surface area contributed by atoms with Gasteiger partial charge in [0.1, 0.15) is 12.0 Å². The van der Waals surface area contributed by atoms with Gasteiger partial charge in [0, 0.05) is 17.7 Å². The number of aryl methyl sites for hydroxylation is 1. The lowest BCUT2D eigenvalue weighted by Gasteiger charge is -2.33. The topological polar surface area (TPSA) is 45.2 Å². The van der Waals surface area contributed by atoms with Crippen LogP contribution >= 0.6 is 22.9 Å². The number of thiazole rings is 1. The number of hydrogen-bond acceptors (Lipinski definition) is 4. The highest BCUT2D eigenvalue weighted by Gasteiger charge is 2.27. The number of amides is 1. The van der Waals surface area contributed by atoms with Gasteiger partial charge >= 0.3 is 0 Å². The summed E-state index contributed by atoms with van der Waals surface area (Å²) >= 11 is 7.61. The van der Waals surface area contributed by atoms with E-state index in [1.807, 2.05) is 12.3 Å². The molecule has 0 spiro atoms. The van der Waals surface area contributed by atoms with Gasteiger partial charge in [0.05, 0.1) is 21.4 Å². The molecular weight excluding hydrogens is 313 g/mol. The van der Waals surface area contributed by atoms with Crippen molar-refractivity contribution in [2.24, 2.45) is 0 Å². The van der Waals surface area contributed by atoms with Gasteiger partial charge in [0.15, 0.2) is 0 Å². The highest BCUT2D eigenvalue weighted by molar-refractivity contribution is 7.09. The number of carbonyl (C=O) groups excluding carboxylic acids is 1. The third-order valence-electron chi connectivity index (χ3n) is 3.05. The van der Waals surface area contributed by atoms with Gasteiger partial charge < -0.3 is 10.2 Å². The predicted octanol–water partition coefficient (Wildman–Crippen LogP) is 3.39. The third-order valence-corrected chi connectivity index (χ3v) is 4.14. The number of carbonyl (C=O) groups is 1. The van der Waals surface area contributed by atoms with Gasteiger partial charge in [-0.25, -0.2) is 9.37 Å². The molecule has 0 bridgehead atoms. The zero-order chi connectivity index (χ0) is 15.0. The molecule has 0 saturated carbocycles. The van der Waals surface area contributed by atoms with Crippen LogP contribution in [0, 0.1) is 12.7 Å². The second-order valence-corrected chi connectivity index (χ2v) is 5.99. The highest BCUT2D eigenvalue weighted by atomic mass is 35.5. The van der Waals surface area contributed by atoms with Gasteiger partial charge in [-0.3, -0.25) is 4.79 Å². The number of nitrogens with one attached hydrogen (secondary N) is 1. The van der Waals surface area contributed by atoms with Crippen molar-refractivity contribution in [2.75, 3.05) is 4.90 Å². The van der Waals surface area contributed by atoms with Crippen molar-refractivity contribution < 1.29 is 9.18 Å². The summed E-state index contributed by atoms with van der Waals surface area (Å²) in [6.07, 6.45) is 2.56. The predicted molar refractivity (Wildman–Crippen MR) is 80.8 cm³/mol. The molecule has 0 aliphatic carbocycles. The van der Waals surface area contributed by atoms with Crippen LogP contribution in [0.1, 0.15) is 16.9 Å². The van der Waals surface area contributed by atoms with Crippen LogP contribution in [-0.2, 0) is 4.79 Å². The molecular formula is C14H11ClFN3OS. The summed E-state index contributed by atoms with van der Waals surface area (Å²) in [4.78, 5) is 17.8. The number of benzene rings is 1. The zero-order valence-electron chi connectivity index (χ0n) is 11.0. The Kier molecular flexibility index (Phi) is 3.65. The van der Waals surface area contributed by atoms with E-state index in [4.69, 9.17) is 11.6 Å². The summed E-state index contributed by atoms with van der Waals surface area (Å²) in [5.74, 6) is -0.616. The summed E-state index contributed by atoms with van der Waals surface area (Å²) < 4.78 is 13.2. The second-order valence-electron chi connectivity index (χ2n) is 4.52. The molecule has 0 fully saturated rings. The first-order valence-corrected chi connectivity index (χ1v) is 7.44. The number of nitrogens with zero attached hydrogens (tertiary/aromatic N) is 2. The van der Waals surface area contributed by atoms with Crippen molar-refractivity contribution in [1.82, 2.24) is 10.3 Å². The molecule has 1 atom stereocenters. The molecule has 21 heavy (non-hydrogen) atoms. The molecule has 3 rings (SSSR count). The molecule has 1 aliphatic rings. The number of aromatic nitrogens is 1. The molecule has 0 saturated heterocycles. The van der Waals surface area contributed by atoms with E-state index in [0.29, 0.717) is 5.69 Å². The van der Waals surface area contributed by atoms with E-state index in [9.17, 15) is 9.18 Å². The van der Waals surface area contributed by atoms with E-state index in [1.54, 1.807) is 17.2 Å². The number of hydrogen-bond donors (Lipinski definition) is 1. The molecule has 1 amide bonds. The molecule has 1 aromatic heterocycles. The number of anilines is 1. The van der Waals surface area contributed by atoms with Gasteiger partial charge in [-0.05, 0) is 25.1 Å². The molecule has 4 nitrogen and oxygen atoms in total. The average Bonchev–Trinajstić information content (AvgIpc) is 2.86. The lowest BCUT2D eigenvalue weighted by atomic mass is 10.2. The molecule has 1 N–H and O–H groups in total. The maximum absolute atomic E-state index is 13.2. The number of halogens is 2. The highest BCUT2D eigenvalue weighted by Crippen LogP contribution is 2.34. The monoisotopic (exact) mass is 323 g/mol. The quantitative estimate of drug-likeness (QED) is 0.921. The molecule has 2 aromatic rings. The first-order chi connectivity index (χ1) is 10.0. The third kappa shape index (κ3) is 2.77. The molecule has 7 heteroatoms. The Hall–Kier alpha value is -1.92. The lowest BCUT2D eigenvalue weighted by molar-refractivity contribution is -0.117. The van der Waals surface area contributed by atoms with Gasteiger partial charge in [0.25, 0.3) is 0 Å². The van der Waals surface area contributed by atoms with E-state index >= 15 is 0 Å². The van der Waals surface area contributed by atoms with Crippen LogP contribution < -0.4 is 10.2 Å². The first kappa shape index (κ1) is 14.0. The van der Waals surface area contributed by atoms with Crippen LogP contribution in [0.3, 0.4) is 0 Å². The zero-order valence-corrected chi connectivity index (χ0v) is 12.6. The van der Waals surface area contributed by atoms with Gasteiger partial charge in [-0.1, -0.05) is 11.6 Å². The lowest BCUT2D eigenvalue weighted by Crippen LogP contribution is -2.42. The Labute approximate surface area is 129 Å². The Morgan fingerprint density at radius 1 is 1.48 bits per heavy atom. The van der Waals surface area contributed by atoms with Crippen LogP contribution in [0.5, 0.6) is 0 Å². The number of rotatable bonds is 2. The van der Waals surface area contributed by atoms with E-state index in [2.05, 4.69) is 10.3 Å². The van der Waals surface area contributed by atoms with Gasteiger partial charge in [-0.15, -0.1) is 11.3 Å². The Bertz CT molecular complexity index is 731. The minimum Gasteiger partial charge on any atom is -0.327 e. The second kappa shape index (κ2) is 5.46. The van der Waals surface area contributed by atoms with Crippen LogP contribution in [0.2, 0.25) is 5.02 Å². The van der Waals surface area contributed by atoms with Crippen molar-refractivity contribution in [3.8, 4) is 0 Å². The van der Waals surface area contributed by atoms with E-state index < -0.39 is 12.0 Å². The molecule has 0 radical (unpaired) electrons. The van der Waals surface area contributed by atoms with Crippen molar-refractivity contribution in [3.05, 3.63) is 57.4 Å². The fourth-order valence-corrected chi connectivity index (χ4v) is 3.01. The molecule has 2 heterocycles. The minimum absolute atomic E-state index is 0.208. The Morgan fingerprint density at radius 2 is 2.29 bits per heavy atom. The molecule has 1 aliphatic heterocycles. The molecule has 108 valence electrons. The maximum atomic E-state index is 13.2. The SMILES string of the molecule is Cc1nc(C2NC(=O)C=CN2c2ccc(F)cc2Cl)cs1. The summed E-state index contributed by atoms with van der Waals surface area (Å²) in [7, 11) is 0. The van der Waals surface area contributed by atoms with Crippen molar-refractivity contribution in [1.29, 1.82) is 0 Å². The minimum atomic E-state index is -0.463. The van der Waals surface area contributed by atoms with Crippen LogP contribution in [0.4, 0.5) is 10.1 Å². The van der Waals surface area contributed by atoms with E-state index in [-0.39, 0.29) is 10.9 Å². The largest absolute Gasteiger partial charge is 0.327 e. The normalized spacial score (nSPS) is 18.0. The fraction of sp³-hybridized carbons (Fsp3) is 0.143. The summed E-state index contributed by atoms with van der Waals surface area (Å²) in [6, 6.07) is 4.14. The fourth-order valence-electron chi connectivity index (χ4n) is 2.12. The van der Waals surface area contributed by atoms with Crippen molar-refractivity contribution in [2.45, 2.75) is 13.1 Å². The smallest absolute Gasteiger partial charge is 0.247 e. The van der Waals surface area contributed by atoms with Crippen molar-refractivity contribution in [3.63, 3.8) is 0 Å². The standard InChI is InChI=1S/C14H11ClFN3OS/c1-8-17-11(7-21-8)14-18-13(20)4-5-19(14)12-3-2-9(16)6-10(12)15/h2-7,14H,1H3,(H,18,20). The molecule has 1 unspecified atom stereocenters. The Morgan fingerprint density at radius 3 is 2.95 bits per heavy atom. The Balaban J connectivity index is 2.04. The summed E-state index contributed by atoms with van der Waals surface area (Å²) in [5, 5.41) is 5.88. The van der Waals surface area contributed by atoms with Crippen molar-refractivity contribution >= 4 is 34.5 Å². The van der Waals surface area contributed by atoms with Crippen LogP contribution in [0.15, 0.2) is 35.9 Å². The van der Waals surface area contributed by atoms with Gasteiger partial charge in [-0.2, -0.15) is 0 Å². The van der Waals surface area contributed by atoms with E-state index in [0.717, 1.165) is 10.7 Å². The average molecular weight is 324 g/mol. The maximum Gasteiger partial charge on any atom is 0.247 e. The summed E-state index contributed by atoms with van der Waals surface area (Å²) in [6.45, 7) is 1.89. The van der Waals surface area contributed by atoms with Gasteiger partial charge in [0.2, 0.25) is 5.91 Å².